The molecule has 0 spiro atoms. The van der Waals surface area contributed by atoms with Crippen molar-refractivity contribution in [2.24, 2.45) is 0 Å². The van der Waals surface area contributed by atoms with Gasteiger partial charge in [-0.1, -0.05) is 18.2 Å². The predicted molar refractivity (Wildman–Crippen MR) is 76.1 cm³/mol. The molecule has 98 valence electrons. The summed E-state index contributed by atoms with van der Waals surface area (Å²) in [5, 5.41) is 11.9. The van der Waals surface area contributed by atoms with Crippen LogP contribution in [0.15, 0.2) is 24.4 Å². The van der Waals surface area contributed by atoms with Gasteiger partial charge in [-0.25, -0.2) is 0 Å². The van der Waals surface area contributed by atoms with E-state index in [1.54, 1.807) is 0 Å². The van der Waals surface area contributed by atoms with Crippen LogP contribution in [0.25, 0.3) is 10.9 Å². The minimum absolute atomic E-state index is 0. The van der Waals surface area contributed by atoms with Gasteiger partial charge in [-0.2, -0.15) is 5.10 Å². The average molecular weight is 267 g/mol. The van der Waals surface area contributed by atoms with E-state index >= 15 is 0 Å². The number of rotatable bonds is 2. The Hall–Kier alpha value is -1.10. The molecule has 1 unspecified atom stereocenters. The summed E-state index contributed by atoms with van der Waals surface area (Å²) in [6.45, 7) is 6.56. The summed E-state index contributed by atoms with van der Waals surface area (Å²) in [4.78, 5) is 2.50. The van der Waals surface area contributed by atoms with Crippen molar-refractivity contribution in [3.8, 4) is 0 Å². The van der Waals surface area contributed by atoms with Gasteiger partial charge in [0.25, 0.3) is 0 Å². The summed E-state index contributed by atoms with van der Waals surface area (Å²) in [5.41, 5.74) is 2.52. The molecule has 0 radical (unpaired) electrons. The fourth-order valence-electron chi connectivity index (χ4n) is 2.56. The maximum Gasteiger partial charge on any atom is 0.0695 e. The van der Waals surface area contributed by atoms with Crippen molar-refractivity contribution in [2.45, 2.75) is 19.5 Å². The third kappa shape index (κ3) is 2.66. The fraction of sp³-hybridized carbons (Fsp3) is 0.462. The second kappa shape index (κ2) is 5.69. The third-order valence-corrected chi connectivity index (χ3v) is 3.41. The Kier molecular flexibility index (Phi) is 4.22. The monoisotopic (exact) mass is 266 g/mol. The molecule has 3 rings (SSSR count). The van der Waals surface area contributed by atoms with Crippen molar-refractivity contribution in [1.29, 1.82) is 0 Å². The Morgan fingerprint density at radius 3 is 3.17 bits per heavy atom. The van der Waals surface area contributed by atoms with Crippen LogP contribution in [0, 0.1) is 0 Å². The van der Waals surface area contributed by atoms with Crippen LogP contribution in [0.1, 0.15) is 12.5 Å². The van der Waals surface area contributed by atoms with Gasteiger partial charge < -0.3 is 5.32 Å². The number of benzene rings is 1. The van der Waals surface area contributed by atoms with E-state index in [9.17, 15) is 0 Å². The lowest BCUT2D eigenvalue weighted by molar-refractivity contribution is 0.200. The number of nitrogens with zero attached hydrogens (tertiary/aromatic N) is 2. The average Bonchev–Trinajstić information content (AvgIpc) is 2.78. The van der Waals surface area contributed by atoms with Gasteiger partial charge >= 0.3 is 0 Å². The first kappa shape index (κ1) is 13.3. The Labute approximate surface area is 113 Å². The van der Waals surface area contributed by atoms with Crippen LogP contribution in [0.4, 0.5) is 0 Å². The molecule has 5 heteroatoms. The van der Waals surface area contributed by atoms with Crippen molar-refractivity contribution in [2.75, 3.05) is 19.6 Å². The molecule has 1 saturated heterocycles. The van der Waals surface area contributed by atoms with Crippen molar-refractivity contribution >= 4 is 23.3 Å². The summed E-state index contributed by atoms with van der Waals surface area (Å²) in [6, 6.07) is 6.99. The molecule has 1 aliphatic heterocycles. The second-order valence-corrected chi connectivity index (χ2v) is 4.84. The zero-order valence-corrected chi connectivity index (χ0v) is 11.3. The minimum atomic E-state index is 0. The fourth-order valence-corrected chi connectivity index (χ4v) is 2.56. The molecule has 2 N–H and O–H groups in total. The maximum absolute atomic E-state index is 4.11. The molecule has 1 aliphatic rings. The van der Waals surface area contributed by atoms with Gasteiger partial charge in [-0.05, 0) is 12.5 Å². The van der Waals surface area contributed by atoms with Crippen molar-refractivity contribution in [3.05, 3.63) is 30.0 Å². The molecule has 1 aromatic heterocycles. The number of H-pyrrole nitrogens is 1. The van der Waals surface area contributed by atoms with Crippen molar-refractivity contribution in [1.82, 2.24) is 20.4 Å². The van der Waals surface area contributed by atoms with E-state index in [1.165, 1.54) is 16.5 Å². The number of aromatic nitrogens is 2. The summed E-state index contributed by atoms with van der Waals surface area (Å²) in [5.74, 6) is 0. The van der Waals surface area contributed by atoms with E-state index in [2.05, 4.69) is 45.5 Å². The summed E-state index contributed by atoms with van der Waals surface area (Å²) in [7, 11) is 0. The zero-order chi connectivity index (χ0) is 11.7. The number of nitrogens with one attached hydrogen (secondary N) is 2. The summed E-state index contributed by atoms with van der Waals surface area (Å²) < 4.78 is 0. The van der Waals surface area contributed by atoms with Gasteiger partial charge in [0.15, 0.2) is 0 Å². The molecule has 1 aromatic carbocycles. The Morgan fingerprint density at radius 1 is 1.44 bits per heavy atom. The molecule has 18 heavy (non-hydrogen) atoms. The molecule has 0 saturated carbocycles. The first-order valence-electron chi connectivity index (χ1n) is 6.19. The molecule has 1 fully saturated rings. The number of aromatic amines is 1. The molecule has 1 atom stereocenters. The van der Waals surface area contributed by atoms with E-state index in [0.29, 0.717) is 6.04 Å². The first-order chi connectivity index (χ1) is 8.33. The van der Waals surface area contributed by atoms with Crippen LogP contribution in [-0.2, 0) is 6.54 Å². The second-order valence-electron chi connectivity index (χ2n) is 4.84. The molecule has 2 aromatic rings. The minimum Gasteiger partial charge on any atom is -0.312 e. The predicted octanol–water partition coefficient (Wildman–Crippen LogP) is 1.78. The smallest absolute Gasteiger partial charge is 0.0695 e. The molecule has 0 amide bonds. The highest BCUT2D eigenvalue weighted by Gasteiger charge is 2.16. The lowest BCUT2D eigenvalue weighted by atomic mass is 10.1. The van der Waals surface area contributed by atoms with Gasteiger partial charge in [-0.3, -0.25) is 10.00 Å². The molecule has 0 aliphatic carbocycles. The molecule has 4 nitrogen and oxygen atoms in total. The van der Waals surface area contributed by atoms with Crippen LogP contribution in [0.2, 0.25) is 0 Å². The van der Waals surface area contributed by atoms with Crippen LogP contribution in [0.5, 0.6) is 0 Å². The zero-order valence-electron chi connectivity index (χ0n) is 10.5. The highest BCUT2D eigenvalue weighted by molar-refractivity contribution is 5.85. The first-order valence-corrected chi connectivity index (χ1v) is 6.19. The normalized spacial score (nSPS) is 20.8. The van der Waals surface area contributed by atoms with Gasteiger partial charge in [-0.15, -0.1) is 12.4 Å². The standard InChI is InChI=1S/C13H18N4.ClH/c1-10-8-17(6-5-14-10)9-12-4-2-3-11-7-15-16-13(11)12;/h2-4,7,10,14H,5-6,8-9H2,1H3,(H,15,16);1H. The quantitative estimate of drug-likeness (QED) is 0.871. The van der Waals surface area contributed by atoms with Gasteiger partial charge in [0, 0.05) is 37.6 Å². The highest BCUT2D eigenvalue weighted by atomic mass is 35.5. The number of fused-ring (bicyclic) bond motifs is 1. The molecular weight excluding hydrogens is 248 g/mol. The number of hydrogen-bond acceptors (Lipinski definition) is 3. The lowest BCUT2D eigenvalue weighted by Crippen LogP contribution is -2.48. The lowest BCUT2D eigenvalue weighted by Gasteiger charge is -2.31. The van der Waals surface area contributed by atoms with E-state index in [1.807, 2.05) is 6.20 Å². The number of piperazine rings is 1. The Morgan fingerprint density at radius 2 is 2.33 bits per heavy atom. The number of para-hydroxylation sites is 1. The van der Waals surface area contributed by atoms with Crippen molar-refractivity contribution in [3.63, 3.8) is 0 Å². The summed E-state index contributed by atoms with van der Waals surface area (Å²) in [6.07, 6.45) is 1.89. The largest absolute Gasteiger partial charge is 0.312 e. The van der Waals surface area contributed by atoms with Crippen LogP contribution >= 0.6 is 12.4 Å². The van der Waals surface area contributed by atoms with Crippen LogP contribution in [-0.4, -0.2) is 40.8 Å². The third-order valence-electron chi connectivity index (χ3n) is 3.41. The Bertz CT molecular complexity index is 510. The van der Waals surface area contributed by atoms with Crippen LogP contribution < -0.4 is 5.32 Å². The maximum atomic E-state index is 4.11. The van der Waals surface area contributed by atoms with E-state index in [-0.39, 0.29) is 12.4 Å². The molecular formula is C13H19ClN4. The van der Waals surface area contributed by atoms with Gasteiger partial charge in [0.05, 0.1) is 11.7 Å². The topological polar surface area (TPSA) is 44.0 Å². The van der Waals surface area contributed by atoms with E-state index in [4.69, 9.17) is 0 Å². The van der Waals surface area contributed by atoms with E-state index in [0.717, 1.165) is 26.2 Å². The van der Waals surface area contributed by atoms with E-state index < -0.39 is 0 Å². The van der Waals surface area contributed by atoms with Gasteiger partial charge in [0.1, 0.15) is 0 Å². The SMILES string of the molecule is CC1CN(Cc2cccc3cn[nH]c23)CCN1.Cl. The Balaban J connectivity index is 0.00000120. The molecule has 2 heterocycles. The highest BCUT2D eigenvalue weighted by Crippen LogP contribution is 2.17. The summed E-state index contributed by atoms with van der Waals surface area (Å²) >= 11 is 0. The van der Waals surface area contributed by atoms with Crippen molar-refractivity contribution < 1.29 is 0 Å². The number of hydrogen-bond donors (Lipinski definition) is 2. The van der Waals surface area contributed by atoms with Crippen LogP contribution in [0.3, 0.4) is 0 Å². The molecule has 0 bridgehead atoms. The number of halogens is 1. The van der Waals surface area contributed by atoms with Gasteiger partial charge in [0.2, 0.25) is 0 Å².